The lowest BCUT2D eigenvalue weighted by atomic mass is 10.7. The minimum absolute atomic E-state index is 0.0630. The summed E-state index contributed by atoms with van der Waals surface area (Å²) in [4.78, 5) is 3.91. The third-order valence-corrected chi connectivity index (χ3v) is 2.99. The van der Waals surface area contributed by atoms with Crippen LogP contribution in [0.5, 0.6) is 0 Å². The largest absolute Gasteiger partial charge is 0.229 e. The van der Waals surface area contributed by atoms with Gasteiger partial charge >= 0.3 is 0 Å². The van der Waals surface area contributed by atoms with Crippen LogP contribution < -0.4 is 0 Å². The summed E-state index contributed by atoms with van der Waals surface area (Å²) >= 11 is 3.21. The smallest absolute Gasteiger partial charge is 0.174 e. The monoisotopic (exact) mass is 304 g/mol. The molecule has 0 aromatic carbocycles. The van der Waals surface area contributed by atoms with E-state index in [4.69, 9.17) is 0 Å². The Morgan fingerprint density at radius 2 is 2.27 bits per heavy atom. The highest BCUT2D eigenvalue weighted by Gasteiger charge is 2.08. The van der Waals surface area contributed by atoms with E-state index in [2.05, 4.69) is 9.36 Å². The minimum atomic E-state index is -2.99. The number of hydrogen-bond donors (Lipinski definition) is 0. The highest BCUT2D eigenvalue weighted by Crippen LogP contribution is 2.08. The van der Waals surface area contributed by atoms with Crippen LogP contribution in [0.3, 0.4) is 0 Å². The quantitative estimate of drug-likeness (QED) is 0.754. The standard InChI is InChI=1S/C4H5IN2O2S2/c1-11(8,9)2-3-6-4(5)10-7-3/h2H2,1H3. The maximum Gasteiger partial charge on any atom is 0.174 e. The zero-order valence-corrected chi connectivity index (χ0v) is 9.40. The van der Waals surface area contributed by atoms with Gasteiger partial charge in [-0.25, -0.2) is 13.4 Å². The summed E-state index contributed by atoms with van der Waals surface area (Å²) in [6.07, 6.45) is 1.17. The fourth-order valence-corrected chi connectivity index (χ4v) is 2.21. The average molecular weight is 304 g/mol. The van der Waals surface area contributed by atoms with Crippen LogP contribution in [0.2, 0.25) is 0 Å². The second-order valence-electron chi connectivity index (χ2n) is 2.03. The van der Waals surface area contributed by atoms with Crippen molar-refractivity contribution in [3.8, 4) is 0 Å². The molecule has 62 valence electrons. The van der Waals surface area contributed by atoms with Crippen molar-refractivity contribution in [2.45, 2.75) is 5.75 Å². The van der Waals surface area contributed by atoms with Crippen molar-refractivity contribution in [2.24, 2.45) is 0 Å². The maximum absolute atomic E-state index is 10.7. The van der Waals surface area contributed by atoms with Crippen molar-refractivity contribution < 1.29 is 8.42 Å². The van der Waals surface area contributed by atoms with E-state index in [0.29, 0.717) is 5.82 Å². The van der Waals surface area contributed by atoms with Gasteiger partial charge in [0.1, 0.15) is 5.75 Å². The Hall–Kier alpha value is 0.240. The van der Waals surface area contributed by atoms with Crippen LogP contribution in [0.15, 0.2) is 0 Å². The molecule has 0 saturated heterocycles. The van der Waals surface area contributed by atoms with E-state index >= 15 is 0 Å². The molecule has 1 aromatic heterocycles. The van der Waals surface area contributed by atoms with Crippen LogP contribution in [-0.4, -0.2) is 24.0 Å². The Morgan fingerprint density at radius 3 is 2.64 bits per heavy atom. The van der Waals surface area contributed by atoms with Crippen LogP contribution in [0, 0.1) is 3.01 Å². The lowest BCUT2D eigenvalue weighted by Crippen LogP contribution is -2.01. The van der Waals surface area contributed by atoms with Gasteiger partial charge in [-0.1, -0.05) is 0 Å². The molecule has 0 N–H and O–H groups in total. The topological polar surface area (TPSA) is 59.9 Å². The van der Waals surface area contributed by atoms with Crippen molar-refractivity contribution in [3.05, 3.63) is 8.84 Å². The fraction of sp³-hybridized carbons (Fsp3) is 0.500. The zero-order valence-electron chi connectivity index (χ0n) is 5.61. The first-order valence-electron chi connectivity index (χ1n) is 2.63. The van der Waals surface area contributed by atoms with Gasteiger partial charge in [0, 0.05) is 6.26 Å². The van der Waals surface area contributed by atoms with Gasteiger partial charge in [0.25, 0.3) is 0 Å². The lowest BCUT2D eigenvalue weighted by molar-refractivity contribution is 0.600. The Labute approximate surface area is 82.3 Å². The summed E-state index contributed by atoms with van der Waals surface area (Å²) in [5.41, 5.74) is 0. The predicted octanol–water partition coefficient (Wildman–Crippen LogP) is 0.687. The minimum Gasteiger partial charge on any atom is -0.229 e. The Kier molecular flexibility index (Phi) is 2.81. The SMILES string of the molecule is CS(=O)(=O)Cc1nsc(I)n1. The van der Waals surface area contributed by atoms with Gasteiger partial charge in [-0.05, 0) is 34.1 Å². The summed E-state index contributed by atoms with van der Waals surface area (Å²) in [6, 6.07) is 0. The Bertz CT molecular complexity index is 345. The molecule has 0 unspecified atom stereocenters. The lowest BCUT2D eigenvalue weighted by Gasteiger charge is -1.88. The molecule has 4 nitrogen and oxygen atoms in total. The molecule has 0 aliphatic carbocycles. The van der Waals surface area contributed by atoms with Crippen molar-refractivity contribution in [1.82, 2.24) is 9.36 Å². The van der Waals surface area contributed by atoms with E-state index in [-0.39, 0.29) is 5.75 Å². The van der Waals surface area contributed by atoms with E-state index in [1.807, 2.05) is 22.6 Å². The third kappa shape index (κ3) is 3.43. The van der Waals surface area contributed by atoms with Gasteiger partial charge in [-0.15, -0.1) is 0 Å². The van der Waals surface area contributed by atoms with Crippen LogP contribution in [0.25, 0.3) is 0 Å². The molecule has 11 heavy (non-hydrogen) atoms. The molecule has 0 radical (unpaired) electrons. The van der Waals surface area contributed by atoms with Crippen molar-refractivity contribution >= 4 is 44.0 Å². The highest BCUT2D eigenvalue weighted by atomic mass is 127. The fourth-order valence-electron chi connectivity index (χ4n) is 0.526. The maximum atomic E-state index is 10.7. The first-order valence-corrected chi connectivity index (χ1v) is 6.54. The van der Waals surface area contributed by atoms with Crippen LogP contribution in [0.4, 0.5) is 0 Å². The second kappa shape index (κ2) is 3.31. The van der Waals surface area contributed by atoms with Gasteiger partial charge < -0.3 is 0 Å². The molecule has 0 saturated carbocycles. The van der Waals surface area contributed by atoms with E-state index in [9.17, 15) is 8.42 Å². The van der Waals surface area contributed by atoms with Gasteiger partial charge in [0.2, 0.25) is 0 Å². The Balaban J connectivity index is 2.81. The highest BCUT2D eigenvalue weighted by molar-refractivity contribution is 14.1. The van der Waals surface area contributed by atoms with Crippen molar-refractivity contribution in [1.29, 1.82) is 0 Å². The number of nitrogens with zero attached hydrogens (tertiary/aromatic N) is 2. The van der Waals surface area contributed by atoms with Crippen LogP contribution in [-0.2, 0) is 15.6 Å². The summed E-state index contributed by atoms with van der Waals surface area (Å²) < 4.78 is 26.1. The van der Waals surface area contributed by atoms with Gasteiger partial charge in [-0.2, -0.15) is 4.37 Å². The first-order chi connectivity index (χ1) is 4.97. The molecule has 0 bridgehead atoms. The van der Waals surface area contributed by atoms with Crippen molar-refractivity contribution in [3.63, 3.8) is 0 Å². The molecule has 1 rings (SSSR count). The third-order valence-electron chi connectivity index (χ3n) is 0.835. The number of rotatable bonds is 2. The molecule has 1 heterocycles. The molecular formula is C4H5IN2O2S2. The van der Waals surface area contributed by atoms with E-state index in [1.165, 1.54) is 17.8 Å². The molecule has 0 atom stereocenters. The van der Waals surface area contributed by atoms with Gasteiger partial charge in [-0.3, -0.25) is 0 Å². The molecule has 0 amide bonds. The Morgan fingerprint density at radius 1 is 1.64 bits per heavy atom. The number of halogens is 1. The summed E-state index contributed by atoms with van der Waals surface area (Å²) in [7, 11) is -2.99. The molecule has 7 heteroatoms. The van der Waals surface area contributed by atoms with Crippen LogP contribution >= 0.6 is 34.1 Å². The molecule has 1 aromatic rings. The summed E-state index contributed by atoms with van der Waals surface area (Å²) in [6.45, 7) is 0. The van der Waals surface area contributed by atoms with E-state index < -0.39 is 9.84 Å². The predicted molar refractivity (Wildman–Crippen MR) is 51.2 cm³/mol. The molecule has 0 fully saturated rings. The number of sulfone groups is 1. The summed E-state index contributed by atoms with van der Waals surface area (Å²) in [5, 5.41) is 0. The number of hydrogen-bond acceptors (Lipinski definition) is 5. The number of aromatic nitrogens is 2. The molecule has 0 aliphatic rings. The average Bonchev–Trinajstić information content (AvgIpc) is 2.10. The molecular weight excluding hydrogens is 299 g/mol. The second-order valence-corrected chi connectivity index (χ2v) is 6.68. The van der Waals surface area contributed by atoms with Gasteiger partial charge in [0.05, 0.1) is 0 Å². The van der Waals surface area contributed by atoms with Gasteiger partial charge in [0.15, 0.2) is 18.7 Å². The summed E-state index contributed by atoms with van der Waals surface area (Å²) in [5.74, 6) is 0.328. The molecule has 0 spiro atoms. The van der Waals surface area contributed by atoms with Crippen molar-refractivity contribution in [2.75, 3.05) is 6.26 Å². The first kappa shape index (κ1) is 9.33. The van der Waals surface area contributed by atoms with E-state index in [0.717, 1.165) is 3.01 Å². The molecule has 0 aliphatic heterocycles. The van der Waals surface area contributed by atoms with Crippen LogP contribution in [0.1, 0.15) is 5.82 Å². The van der Waals surface area contributed by atoms with E-state index in [1.54, 1.807) is 0 Å². The zero-order chi connectivity index (χ0) is 8.48. The normalized spacial score (nSPS) is 11.8.